The summed E-state index contributed by atoms with van der Waals surface area (Å²) in [6.45, 7) is 3.80. The van der Waals surface area contributed by atoms with Crippen molar-refractivity contribution in [3.8, 4) is 0 Å². The van der Waals surface area contributed by atoms with Gasteiger partial charge in [-0.2, -0.15) is 0 Å². The number of likely N-dealkylation sites (tertiary alicyclic amines) is 1. The molecule has 4 nitrogen and oxygen atoms in total. The molecule has 0 atom stereocenters. The van der Waals surface area contributed by atoms with E-state index < -0.39 is 0 Å². The van der Waals surface area contributed by atoms with Crippen LogP contribution in [0.3, 0.4) is 0 Å². The molecule has 1 aromatic rings. The Morgan fingerprint density at radius 2 is 2.05 bits per heavy atom. The summed E-state index contributed by atoms with van der Waals surface area (Å²) in [6, 6.07) is 4.56. The Bertz CT molecular complexity index is 476. The second kappa shape index (κ2) is 5.81. The van der Waals surface area contributed by atoms with Crippen LogP contribution in [0.25, 0.3) is 0 Å². The fraction of sp³-hybridized carbons (Fsp3) is 0.625. The van der Waals surface area contributed by atoms with Gasteiger partial charge in [-0.05, 0) is 44.7 Å². The molecule has 2 aliphatic rings. The topological polar surface area (TPSA) is 45.2 Å². The van der Waals surface area contributed by atoms with Crippen LogP contribution in [0.15, 0.2) is 18.3 Å². The van der Waals surface area contributed by atoms with Gasteiger partial charge >= 0.3 is 0 Å². The lowest BCUT2D eigenvalue weighted by molar-refractivity contribution is -0.139. The highest BCUT2D eigenvalue weighted by Gasteiger charge is 2.31. The molecule has 108 valence electrons. The Balaban J connectivity index is 1.49. The summed E-state index contributed by atoms with van der Waals surface area (Å²) in [4.78, 5) is 18.5. The highest BCUT2D eigenvalue weighted by atomic mass is 16.2. The number of aromatic nitrogens is 1. The van der Waals surface area contributed by atoms with E-state index in [1.54, 1.807) is 0 Å². The minimum Gasteiger partial charge on any atom is -0.382 e. The van der Waals surface area contributed by atoms with Crippen LogP contribution in [0.2, 0.25) is 0 Å². The van der Waals surface area contributed by atoms with Crippen LogP contribution in [0.4, 0.5) is 5.69 Å². The zero-order valence-electron chi connectivity index (χ0n) is 12.1. The molecule has 1 N–H and O–H groups in total. The molecule has 3 rings (SSSR count). The second-order valence-corrected chi connectivity index (χ2v) is 6.06. The van der Waals surface area contributed by atoms with Crippen LogP contribution in [0.5, 0.6) is 0 Å². The number of carbonyl (C=O) groups excluding carboxylic acids is 1. The standard InChI is InChI=1S/C16H23N3O/c1-12-11-15(5-8-17-12)18-14-6-9-19(10-7-14)16(20)13-3-2-4-13/h5,8,11,13-14H,2-4,6-7,9-10H2,1H3,(H,17,18). The number of pyridine rings is 1. The van der Waals surface area contributed by atoms with Crippen molar-refractivity contribution in [1.82, 2.24) is 9.88 Å². The van der Waals surface area contributed by atoms with Gasteiger partial charge in [0.25, 0.3) is 0 Å². The minimum atomic E-state index is 0.336. The summed E-state index contributed by atoms with van der Waals surface area (Å²) in [6.07, 6.45) is 7.36. The first-order valence-corrected chi connectivity index (χ1v) is 7.70. The molecule has 1 amide bonds. The van der Waals surface area contributed by atoms with E-state index in [0.717, 1.165) is 50.2 Å². The largest absolute Gasteiger partial charge is 0.382 e. The average Bonchev–Trinajstić information content (AvgIpc) is 2.37. The molecule has 0 unspecified atom stereocenters. The van der Waals surface area contributed by atoms with Gasteiger partial charge in [-0.25, -0.2) is 0 Å². The van der Waals surface area contributed by atoms with Gasteiger partial charge in [-0.1, -0.05) is 6.42 Å². The molecule has 2 fully saturated rings. The highest BCUT2D eigenvalue weighted by Crippen LogP contribution is 2.29. The van der Waals surface area contributed by atoms with Gasteiger partial charge in [0, 0.05) is 42.6 Å². The van der Waals surface area contributed by atoms with Gasteiger partial charge in [-0.3, -0.25) is 9.78 Å². The summed E-state index contributed by atoms with van der Waals surface area (Å²) in [7, 11) is 0. The first-order valence-electron chi connectivity index (χ1n) is 7.70. The molecule has 0 radical (unpaired) electrons. The smallest absolute Gasteiger partial charge is 0.225 e. The normalized spacial score (nSPS) is 20.6. The molecule has 0 spiro atoms. The summed E-state index contributed by atoms with van der Waals surface area (Å²) in [5.74, 6) is 0.733. The van der Waals surface area contributed by atoms with E-state index in [1.165, 1.54) is 6.42 Å². The van der Waals surface area contributed by atoms with Gasteiger partial charge in [-0.15, -0.1) is 0 Å². The predicted molar refractivity (Wildman–Crippen MR) is 79.5 cm³/mol. The number of amides is 1. The first kappa shape index (κ1) is 13.4. The minimum absolute atomic E-state index is 0.336. The number of aryl methyl sites for hydroxylation is 1. The number of anilines is 1. The number of hydrogen-bond acceptors (Lipinski definition) is 3. The molecule has 1 saturated carbocycles. The van der Waals surface area contributed by atoms with Crippen molar-refractivity contribution in [2.45, 2.75) is 45.1 Å². The first-order chi connectivity index (χ1) is 9.72. The number of rotatable bonds is 3. The van der Waals surface area contributed by atoms with Crippen LogP contribution < -0.4 is 5.32 Å². The average molecular weight is 273 g/mol. The number of nitrogens with zero attached hydrogens (tertiary/aromatic N) is 2. The maximum Gasteiger partial charge on any atom is 0.225 e. The van der Waals surface area contributed by atoms with E-state index in [-0.39, 0.29) is 0 Å². The van der Waals surface area contributed by atoms with Crippen molar-refractivity contribution in [3.05, 3.63) is 24.0 Å². The Labute approximate surface area is 120 Å². The molecule has 1 aliphatic heterocycles. The Morgan fingerprint density at radius 3 is 2.65 bits per heavy atom. The summed E-state index contributed by atoms with van der Waals surface area (Å²) in [5.41, 5.74) is 2.17. The molecule has 1 saturated heterocycles. The lowest BCUT2D eigenvalue weighted by Crippen LogP contribution is -2.46. The molecule has 2 heterocycles. The maximum absolute atomic E-state index is 12.2. The Kier molecular flexibility index (Phi) is 3.90. The Morgan fingerprint density at radius 1 is 1.30 bits per heavy atom. The fourth-order valence-corrected chi connectivity index (χ4v) is 3.03. The van der Waals surface area contributed by atoms with E-state index >= 15 is 0 Å². The molecule has 1 aromatic heterocycles. The van der Waals surface area contributed by atoms with Crippen LogP contribution in [0, 0.1) is 12.8 Å². The molecule has 1 aliphatic carbocycles. The number of carbonyl (C=O) groups is 1. The highest BCUT2D eigenvalue weighted by molar-refractivity contribution is 5.79. The zero-order chi connectivity index (χ0) is 13.9. The van der Waals surface area contributed by atoms with Crippen molar-refractivity contribution in [2.75, 3.05) is 18.4 Å². The van der Waals surface area contributed by atoms with Crippen molar-refractivity contribution < 1.29 is 4.79 Å². The Hall–Kier alpha value is -1.58. The van der Waals surface area contributed by atoms with Crippen LogP contribution >= 0.6 is 0 Å². The number of piperidine rings is 1. The lowest BCUT2D eigenvalue weighted by Gasteiger charge is -2.37. The molecule has 20 heavy (non-hydrogen) atoms. The van der Waals surface area contributed by atoms with Crippen molar-refractivity contribution in [1.29, 1.82) is 0 Å². The maximum atomic E-state index is 12.2. The summed E-state index contributed by atoms with van der Waals surface area (Å²) in [5, 5.41) is 3.56. The molecule has 0 aromatic carbocycles. The molecule has 0 bridgehead atoms. The van der Waals surface area contributed by atoms with E-state index in [2.05, 4.69) is 21.3 Å². The molecular formula is C16H23N3O. The van der Waals surface area contributed by atoms with Crippen molar-refractivity contribution in [2.24, 2.45) is 5.92 Å². The van der Waals surface area contributed by atoms with Gasteiger partial charge in [0.1, 0.15) is 0 Å². The summed E-state index contributed by atoms with van der Waals surface area (Å²) >= 11 is 0. The van der Waals surface area contributed by atoms with Crippen LogP contribution in [-0.2, 0) is 4.79 Å². The SMILES string of the molecule is Cc1cc(NC2CCN(C(=O)C3CCC3)CC2)ccn1. The number of nitrogens with one attached hydrogen (secondary N) is 1. The third-order valence-electron chi connectivity index (χ3n) is 4.53. The van der Waals surface area contributed by atoms with E-state index in [0.29, 0.717) is 17.9 Å². The molecular weight excluding hydrogens is 250 g/mol. The lowest BCUT2D eigenvalue weighted by atomic mass is 9.84. The summed E-state index contributed by atoms with van der Waals surface area (Å²) < 4.78 is 0. The third-order valence-corrected chi connectivity index (χ3v) is 4.53. The second-order valence-electron chi connectivity index (χ2n) is 6.06. The van der Waals surface area contributed by atoms with E-state index in [4.69, 9.17) is 0 Å². The van der Waals surface area contributed by atoms with Gasteiger partial charge in [0.2, 0.25) is 5.91 Å². The fourth-order valence-electron chi connectivity index (χ4n) is 3.03. The third kappa shape index (κ3) is 2.94. The van der Waals surface area contributed by atoms with Crippen LogP contribution in [-0.4, -0.2) is 34.9 Å². The van der Waals surface area contributed by atoms with Gasteiger partial charge < -0.3 is 10.2 Å². The van der Waals surface area contributed by atoms with Gasteiger partial charge in [0.05, 0.1) is 0 Å². The quantitative estimate of drug-likeness (QED) is 0.920. The van der Waals surface area contributed by atoms with E-state index in [1.807, 2.05) is 19.2 Å². The number of hydrogen-bond donors (Lipinski definition) is 1. The zero-order valence-corrected chi connectivity index (χ0v) is 12.1. The van der Waals surface area contributed by atoms with Gasteiger partial charge in [0.15, 0.2) is 0 Å². The monoisotopic (exact) mass is 273 g/mol. The van der Waals surface area contributed by atoms with E-state index in [9.17, 15) is 4.79 Å². The molecule has 4 heteroatoms. The van der Waals surface area contributed by atoms with Crippen molar-refractivity contribution in [3.63, 3.8) is 0 Å². The van der Waals surface area contributed by atoms with Crippen molar-refractivity contribution >= 4 is 11.6 Å². The predicted octanol–water partition coefficient (Wildman–Crippen LogP) is 2.59. The van der Waals surface area contributed by atoms with Crippen LogP contribution in [0.1, 0.15) is 37.8 Å².